The average Bonchev–Trinajstić information content (AvgIpc) is 2.09. The van der Waals surface area contributed by atoms with Crippen LogP contribution in [0.15, 0.2) is 16.6 Å². The molecule has 0 aromatic heterocycles. The molecule has 16 heavy (non-hydrogen) atoms. The fourth-order valence-corrected chi connectivity index (χ4v) is 1.82. The number of hydrogen-bond acceptors (Lipinski definition) is 1. The fraction of sp³-hybridized carbons (Fsp3) is 0.400. The summed E-state index contributed by atoms with van der Waals surface area (Å²) in [6.45, 7) is 3.75. The highest BCUT2D eigenvalue weighted by Gasteiger charge is 2.29. The van der Waals surface area contributed by atoms with E-state index in [1.54, 1.807) is 6.07 Å². The molecule has 0 atom stereocenters. The lowest BCUT2D eigenvalue weighted by Gasteiger charge is -2.15. The van der Waals surface area contributed by atoms with Crippen molar-refractivity contribution in [2.45, 2.75) is 24.8 Å². The first-order chi connectivity index (χ1) is 7.20. The van der Waals surface area contributed by atoms with Crippen molar-refractivity contribution in [1.82, 2.24) is 0 Å². The first-order valence-electron chi connectivity index (χ1n) is 4.45. The SMILES string of the molecule is CC(C)c1cc(F)c(OC(F)(F)Br)c(Br)c1. The van der Waals surface area contributed by atoms with E-state index >= 15 is 0 Å². The molecule has 0 amide bonds. The van der Waals surface area contributed by atoms with E-state index in [0.29, 0.717) is 5.56 Å². The van der Waals surface area contributed by atoms with Crippen LogP contribution in [0, 0.1) is 5.82 Å². The van der Waals surface area contributed by atoms with Gasteiger partial charge in [-0.3, -0.25) is 0 Å². The van der Waals surface area contributed by atoms with Crippen LogP contribution in [0.4, 0.5) is 13.2 Å². The van der Waals surface area contributed by atoms with Crippen LogP contribution < -0.4 is 4.74 Å². The zero-order valence-electron chi connectivity index (χ0n) is 8.53. The van der Waals surface area contributed by atoms with Gasteiger partial charge >= 0.3 is 5.02 Å². The van der Waals surface area contributed by atoms with Gasteiger partial charge in [0.25, 0.3) is 0 Å². The first kappa shape index (κ1) is 13.8. The molecule has 0 unspecified atom stereocenters. The summed E-state index contributed by atoms with van der Waals surface area (Å²) >= 11 is 4.99. The van der Waals surface area contributed by atoms with Crippen LogP contribution in [0.2, 0.25) is 0 Å². The van der Waals surface area contributed by atoms with Gasteiger partial charge in [-0.05, 0) is 39.5 Å². The van der Waals surface area contributed by atoms with E-state index in [-0.39, 0.29) is 10.4 Å². The molecular weight excluding hydrogens is 353 g/mol. The molecule has 1 nitrogen and oxygen atoms in total. The maximum Gasteiger partial charge on any atom is 0.459 e. The van der Waals surface area contributed by atoms with Crippen LogP contribution in [0.3, 0.4) is 0 Å². The Bertz CT molecular complexity index is 365. The Hall–Kier alpha value is -0.230. The molecule has 0 spiro atoms. The van der Waals surface area contributed by atoms with Crippen molar-refractivity contribution >= 4 is 31.9 Å². The predicted octanol–water partition coefficient (Wildman–Crippen LogP) is 5.04. The molecule has 1 aromatic rings. The largest absolute Gasteiger partial charge is 0.459 e. The molecule has 0 saturated carbocycles. The smallest absolute Gasteiger partial charge is 0.420 e. The average molecular weight is 362 g/mol. The first-order valence-corrected chi connectivity index (χ1v) is 6.04. The van der Waals surface area contributed by atoms with E-state index in [0.717, 1.165) is 0 Å². The van der Waals surface area contributed by atoms with Crippen molar-refractivity contribution in [2.75, 3.05) is 0 Å². The van der Waals surface area contributed by atoms with Gasteiger partial charge < -0.3 is 4.74 Å². The Labute approximate surface area is 108 Å². The Balaban J connectivity index is 3.13. The summed E-state index contributed by atoms with van der Waals surface area (Å²) in [5.74, 6) is -1.23. The van der Waals surface area contributed by atoms with Crippen LogP contribution in [0.1, 0.15) is 25.3 Å². The third-order valence-corrected chi connectivity index (χ3v) is 2.66. The molecule has 90 valence electrons. The van der Waals surface area contributed by atoms with Gasteiger partial charge in [-0.25, -0.2) is 4.39 Å². The third kappa shape index (κ3) is 3.66. The molecule has 0 radical (unpaired) electrons. The lowest BCUT2D eigenvalue weighted by atomic mass is 10.0. The maximum atomic E-state index is 13.5. The molecule has 0 fully saturated rings. The molecule has 0 aliphatic rings. The van der Waals surface area contributed by atoms with Crippen LogP contribution in [0.5, 0.6) is 5.75 Å². The molecule has 0 aliphatic heterocycles. The molecule has 1 rings (SSSR count). The molecule has 0 heterocycles. The molecule has 0 aliphatic carbocycles. The zero-order chi connectivity index (χ0) is 12.5. The lowest BCUT2D eigenvalue weighted by molar-refractivity contribution is -0.0829. The van der Waals surface area contributed by atoms with Gasteiger partial charge in [0.1, 0.15) is 0 Å². The topological polar surface area (TPSA) is 9.23 Å². The lowest BCUT2D eigenvalue weighted by Crippen LogP contribution is -2.16. The summed E-state index contributed by atoms with van der Waals surface area (Å²) in [7, 11) is 0. The summed E-state index contributed by atoms with van der Waals surface area (Å²) < 4.78 is 42.9. The summed E-state index contributed by atoms with van der Waals surface area (Å²) in [6, 6.07) is 2.74. The summed E-state index contributed by atoms with van der Waals surface area (Å²) in [5.41, 5.74) is 0.703. The number of hydrogen-bond donors (Lipinski definition) is 0. The van der Waals surface area contributed by atoms with Crippen LogP contribution in [-0.2, 0) is 0 Å². The van der Waals surface area contributed by atoms with Gasteiger partial charge in [-0.1, -0.05) is 13.8 Å². The third-order valence-electron chi connectivity index (χ3n) is 1.91. The second-order valence-electron chi connectivity index (χ2n) is 3.52. The van der Waals surface area contributed by atoms with Gasteiger partial charge in [0.15, 0.2) is 11.6 Å². The van der Waals surface area contributed by atoms with E-state index in [1.807, 2.05) is 29.8 Å². The van der Waals surface area contributed by atoms with Gasteiger partial charge in [0.2, 0.25) is 0 Å². The Morgan fingerprint density at radius 2 is 1.88 bits per heavy atom. The van der Waals surface area contributed by atoms with Crippen molar-refractivity contribution in [3.63, 3.8) is 0 Å². The quantitative estimate of drug-likeness (QED) is 0.685. The molecular formula is C10H9Br2F3O. The van der Waals surface area contributed by atoms with E-state index in [9.17, 15) is 13.2 Å². The molecule has 0 saturated heterocycles. The predicted molar refractivity (Wildman–Crippen MR) is 62.7 cm³/mol. The zero-order valence-corrected chi connectivity index (χ0v) is 11.7. The number of halogens is 5. The highest BCUT2D eigenvalue weighted by molar-refractivity contribution is 9.10. The number of ether oxygens (including phenoxy) is 1. The minimum atomic E-state index is -3.59. The Kier molecular flexibility index (Phi) is 4.29. The van der Waals surface area contributed by atoms with Crippen molar-refractivity contribution < 1.29 is 17.9 Å². The van der Waals surface area contributed by atoms with E-state index in [2.05, 4.69) is 20.7 Å². The van der Waals surface area contributed by atoms with E-state index in [4.69, 9.17) is 0 Å². The minimum absolute atomic E-state index is 0.101. The highest BCUT2D eigenvalue weighted by Crippen LogP contribution is 2.36. The summed E-state index contributed by atoms with van der Waals surface area (Å²) in [4.78, 5) is 0. The van der Waals surface area contributed by atoms with Gasteiger partial charge in [-0.2, -0.15) is 8.78 Å². The number of alkyl halides is 3. The summed E-state index contributed by atoms with van der Waals surface area (Å²) in [5, 5.41) is -3.59. The summed E-state index contributed by atoms with van der Waals surface area (Å²) in [6.07, 6.45) is 0. The minimum Gasteiger partial charge on any atom is -0.420 e. The van der Waals surface area contributed by atoms with Crippen LogP contribution in [0.25, 0.3) is 0 Å². The Morgan fingerprint density at radius 1 is 1.31 bits per heavy atom. The standard InChI is InChI=1S/C10H9Br2F3O/c1-5(2)6-3-7(11)9(8(13)4-6)16-10(12,14)15/h3-5H,1-2H3. The van der Waals surface area contributed by atoms with Crippen molar-refractivity contribution in [3.8, 4) is 5.75 Å². The maximum absolute atomic E-state index is 13.5. The number of benzene rings is 1. The number of rotatable bonds is 3. The van der Waals surface area contributed by atoms with E-state index in [1.165, 1.54) is 6.07 Å². The molecule has 0 N–H and O–H groups in total. The Morgan fingerprint density at radius 3 is 2.25 bits per heavy atom. The van der Waals surface area contributed by atoms with Gasteiger partial charge in [0, 0.05) is 15.9 Å². The highest BCUT2D eigenvalue weighted by atomic mass is 79.9. The van der Waals surface area contributed by atoms with Gasteiger partial charge in [0.05, 0.1) is 4.47 Å². The molecule has 1 aromatic carbocycles. The van der Waals surface area contributed by atoms with Gasteiger partial charge in [-0.15, -0.1) is 0 Å². The van der Waals surface area contributed by atoms with E-state index < -0.39 is 16.6 Å². The van der Waals surface area contributed by atoms with Crippen molar-refractivity contribution in [3.05, 3.63) is 28.0 Å². The normalized spacial score (nSPS) is 12.0. The fourth-order valence-electron chi connectivity index (χ4n) is 1.13. The monoisotopic (exact) mass is 360 g/mol. The second-order valence-corrected chi connectivity index (χ2v) is 5.29. The molecule has 6 heteroatoms. The van der Waals surface area contributed by atoms with Crippen molar-refractivity contribution in [1.29, 1.82) is 0 Å². The second kappa shape index (κ2) is 4.96. The van der Waals surface area contributed by atoms with Crippen LogP contribution in [-0.4, -0.2) is 5.02 Å². The van der Waals surface area contributed by atoms with Crippen molar-refractivity contribution in [2.24, 2.45) is 0 Å². The molecule has 0 bridgehead atoms. The van der Waals surface area contributed by atoms with Crippen LogP contribution >= 0.6 is 31.9 Å².